The molecule has 2 N–H and O–H groups in total. The summed E-state index contributed by atoms with van der Waals surface area (Å²) in [6.07, 6.45) is -0.493. The molecule has 0 saturated heterocycles. The second kappa shape index (κ2) is 9.75. The van der Waals surface area contributed by atoms with E-state index in [-0.39, 0.29) is 16.4 Å². The summed E-state index contributed by atoms with van der Waals surface area (Å²) in [5, 5.41) is 5.24. The normalized spacial score (nSPS) is 13.3. The topological polar surface area (TPSA) is 93.7 Å². The predicted octanol–water partition coefficient (Wildman–Crippen LogP) is 3.41. The van der Waals surface area contributed by atoms with Crippen molar-refractivity contribution in [1.29, 1.82) is 0 Å². The average molecular weight is 476 g/mol. The van der Waals surface area contributed by atoms with Crippen LogP contribution in [0.2, 0.25) is 0 Å². The molecule has 144 valence electrons. The Morgan fingerprint density at radius 3 is 2.42 bits per heavy atom. The smallest absolute Gasteiger partial charge is 0.408 e. The van der Waals surface area contributed by atoms with Crippen molar-refractivity contribution >= 4 is 46.2 Å². The lowest BCUT2D eigenvalue weighted by molar-refractivity contribution is -0.146. The fourth-order valence-corrected chi connectivity index (χ4v) is 2.35. The molecule has 0 aliphatic heterocycles. The molecule has 1 aromatic carbocycles. The number of nitrogens with one attached hydrogen (secondary N) is 2. The van der Waals surface area contributed by atoms with Gasteiger partial charge in [0.15, 0.2) is 0 Å². The van der Waals surface area contributed by atoms with Crippen LogP contribution in [0.5, 0.6) is 0 Å². The molecule has 0 saturated carbocycles. The number of carbonyl (C=O) groups excluding carboxylic acids is 3. The molecule has 0 heterocycles. The van der Waals surface area contributed by atoms with Gasteiger partial charge < -0.3 is 20.1 Å². The number of rotatable bonds is 6. The van der Waals surface area contributed by atoms with E-state index in [2.05, 4.69) is 10.6 Å². The van der Waals surface area contributed by atoms with Gasteiger partial charge in [0.1, 0.15) is 15.8 Å². The van der Waals surface area contributed by atoms with Crippen LogP contribution in [0.1, 0.15) is 40.2 Å². The number of benzene rings is 1. The summed E-state index contributed by atoms with van der Waals surface area (Å²) in [7, 11) is 0. The van der Waals surface area contributed by atoms with Crippen molar-refractivity contribution in [3.63, 3.8) is 0 Å². The molecule has 1 aromatic rings. The summed E-state index contributed by atoms with van der Waals surface area (Å²) in [5.41, 5.74) is 0.692. The minimum Gasteiger partial charge on any atom is -0.450 e. The number of alkyl carbamates (subject to hydrolysis) is 1. The van der Waals surface area contributed by atoms with Crippen molar-refractivity contribution in [2.45, 2.75) is 56.8 Å². The van der Waals surface area contributed by atoms with Crippen molar-refractivity contribution in [1.82, 2.24) is 5.32 Å². The van der Waals surface area contributed by atoms with Crippen molar-refractivity contribution in [3.05, 3.63) is 29.8 Å². The molecule has 8 heteroatoms. The molecule has 0 bridgehead atoms. The quantitative estimate of drug-likeness (QED) is 0.373. The van der Waals surface area contributed by atoms with E-state index in [1.165, 1.54) is 6.92 Å². The fraction of sp³-hybridized carbons (Fsp3) is 0.500. The predicted molar refractivity (Wildman–Crippen MR) is 107 cm³/mol. The van der Waals surface area contributed by atoms with Crippen LogP contribution in [0, 0.1) is 0 Å². The molecule has 2 atom stereocenters. The van der Waals surface area contributed by atoms with E-state index in [4.69, 9.17) is 9.47 Å². The molecular weight excluding hydrogens is 451 g/mol. The van der Waals surface area contributed by atoms with Crippen LogP contribution in [-0.2, 0) is 25.5 Å². The lowest BCUT2D eigenvalue weighted by atomic mass is 10.1. The van der Waals surface area contributed by atoms with Crippen LogP contribution in [0.3, 0.4) is 0 Å². The SMILES string of the molecule is CC(=O)Nc1cccc(C[C@@H](NC(=O)OC(C)(C)C)C(=O)OC(C)I)c1. The van der Waals surface area contributed by atoms with Crippen LogP contribution < -0.4 is 10.6 Å². The fourth-order valence-electron chi connectivity index (χ4n) is 2.10. The summed E-state index contributed by atoms with van der Waals surface area (Å²) in [6.45, 7) is 8.36. The highest BCUT2D eigenvalue weighted by Crippen LogP contribution is 2.15. The van der Waals surface area contributed by atoms with Crippen molar-refractivity contribution in [2.75, 3.05) is 5.32 Å². The molecule has 0 aliphatic carbocycles. The van der Waals surface area contributed by atoms with Gasteiger partial charge in [-0.1, -0.05) is 12.1 Å². The molecular formula is C18H25IN2O5. The monoisotopic (exact) mass is 476 g/mol. The van der Waals surface area contributed by atoms with Gasteiger partial charge in [0, 0.05) is 19.0 Å². The van der Waals surface area contributed by atoms with Gasteiger partial charge in [0.05, 0.1) is 0 Å². The summed E-state index contributed by atoms with van der Waals surface area (Å²) >= 11 is 1.96. The van der Waals surface area contributed by atoms with Gasteiger partial charge in [0.2, 0.25) is 5.91 Å². The third-order valence-corrected chi connectivity index (χ3v) is 3.20. The van der Waals surface area contributed by atoms with Gasteiger partial charge in [-0.15, -0.1) is 0 Å². The molecule has 0 spiro atoms. The van der Waals surface area contributed by atoms with E-state index < -0.39 is 23.7 Å². The van der Waals surface area contributed by atoms with Gasteiger partial charge in [0.25, 0.3) is 0 Å². The van der Waals surface area contributed by atoms with E-state index in [9.17, 15) is 14.4 Å². The molecule has 26 heavy (non-hydrogen) atoms. The number of ether oxygens (including phenoxy) is 2. The maximum atomic E-state index is 12.4. The number of carbonyl (C=O) groups is 3. The summed E-state index contributed by atoms with van der Waals surface area (Å²) < 4.78 is 10.1. The molecule has 1 rings (SSSR count). The number of amides is 2. The second-order valence-electron chi connectivity index (χ2n) is 6.76. The van der Waals surface area contributed by atoms with Crippen LogP contribution in [-0.4, -0.2) is 33.7 Å². The van der Waals surface area contributed by atoms with Crippen LogP contribution in [0.15, 0.2) is 24.3 Å². The van der Waals surface area contributed by atoms with Crippen LogP contribution in [0.4, 0.5) is 10.5 Å². The zero-order chi connectivity index (χ0) is 19.9. The Kier molecular flexibility index (Phi) is 8.32. The van der Waals surface area contributed by atoms with Crippen molar-refractivity contribution < 1.29 is 23.9 Å². The second-order valence-corrected chi connectivity index (χ2v) is 8.52. The Balaban J connectivity index is 2.92. The first-order chi connectivity index (χ1) is 12.0. The highest BCUT2D eigenvalue weighted by molar-refractivity contribution is 14.1. The molecule has 0 radical (unpaired) electrons. The van der Waals surface area contributed by atoms with Crippen LogP contribution in [0.25, 0.3) is 0 Å². The highest BCUT2D eigenvalue weighted by atomic mass is 127. The number of hydrogen-bond donors (Lipinski definition) is 2. The third kappa shape index (κ3) is 9.02. The molecule has 0 aliphatic rings. The van der Waals surface area contributed by atoms with E-state index in [0.29, 0.717) is 5.69 Å². The van der Waals surface area contributed by atoms with E-state index >= 15 is 0 Å². The maximum Gasteiger partial charge on any atom is 0.408 e. The van der Waals surface area contributed by atoms with E-state index in [0.717, 1.165) is 5.56 Å². The van der Waals surface area contributed by atoms with Crippen LogP contribution >= 0.6 is 22.6 Å². The lowest BCUT2D eigenvalue weighted by Crippen LogP contribution is -2.45. The Bertz CT molecular complexity index is 655. The van der Waals surface area contributed by atoms with Gasteiger partial charge in [-0.3, -0.25) is 4.79 Å². The van der Waals surface area contributed by atoms with Gasteiger partial charge in [-0.25, -0.2) is 9.59 Å². The Hall–Kier alpha value is -1.84. The number of alkyl halides is 1. The maximum absolute atomic E-state index is 12.4. The molecule has 2 amide bonds. The molecule has 0 fully saturated rings. The minimum absolute atomic E-state index is 0.191. The summed E-state index contributed by atoms with van der Waals surface area (Å²) in [4.78, 5) is 35.6. The Morgan fingerprint density at radius 1 is 1.23 bits per heavy atom. The summed E-state index contributed by atoms with van der Waals surface area (Å²) in [6, 6.07) is 6.14. The van der Waals surface area contributed by atoms with Gasteiger partial charge in [-0.05, 0) is 68.0 Å². The number of halogens is 1. The molecule has 0 aromatic heterocycles. The first-order valence-corrected chi connectivity index (χ1v) is 9.41. The largest absolute Gasteiger partial charge is 0.450 e. The zero-order valence-electron chi connectivity index (χ0n) is 15.6. The first kappa shape index (κ1) is 22.2. The Morgan fingerprint density at radius 2 is 1.88 bits per heavy atom. The number of esters is 1. The van der Waals surface area contributed by atoms with Crippen molar-refractivity contribution in [3.8, 4) is 0 Å². The van der Waals surface area contributed by atoms with Crippen molar-refractivity contribution in [2.24, 2.45) is 0 Å². The third-order valence-electron chi connectivity index (χ3n) is 2.94. The first-order valence-electron chi connectivity index (χ1n) is 8.17. The van der Waals surface area contributed by atoms with E-state index in [1.54, 1.807) is 52.0 Å². The number of hydrogen-bond acceptors (Lipinski definition) is 5. The zero-order valence-corrected chi connectivity index (χ0v) is 17.7. The number of anilines is 1. The lowest BCUT2D eigenvalue weighted by Gasteiger charge is -2.23. The van der Waals surface area contributed by atoms with E-state index in [1.807, 2.05) is 22.6 Å². The van der Waals surface area contributed by atoms with Gasteiger partial charge >= 0.3 is 12.1 Å². The summed E-state index contributed by atoms with van der Waals surface area (Å²) in [5.74, 6) is -0.744. The highest BCUT2D eigenvalue weighted by Gasteiger charge is 2.26. The van der Waals surface area contributed by atoms with Gasteiger partial charge in [-0.2, -0.15) is 0 Å². The average Bonchev–Trinajstić information content (AvgIpc) is 2.43. The standard InChI is InChI=1S/C18H25IN2O5/c1-11(19)25-16(23)15(21-17(24)26-18(3,4)5)10-13-7-6-8-14(9-13)20-12(2)22/h6-9,11,15H,10H2,1-5H3,(H,20,22)(H,21,24)/t11?,15-/m1/s1. The Labute approximate surface area is 167 Å². The molecule has 1 unspecified atom stereocenters. The molecule has 7 nitrogen and oxygen atoms in total. The minimum atomic E-state index is -0.908.